The zero-order valence-corrected chi connectivity index (χ0v) is 23.0. The Balaban J connectivity index is 1.15. The minimum Gasteiger partial charge on any atom is -0.460 e. The van der Waals surface area contributed by atoms with E-state index in [4.69, 9.17) is 14.2 Å². The summed E-state index contributed by atoms with van der Waals surface area (Å²) in [5, 5.41) is 3.83. The monoisotopic (exact) mass is 539 g/mol. The number of rotatable bonds is 7. The number of carbonyl (C=O) groups excluding carboxylic acids is 1. The third-order valence-corrected chi connectivity index (χ3v) is 7.45. The fourth-order valence-electron chi connectivity index (χ4n) is 4.39. The predicted octanol–water partition coefficient (Wildman–Crippen LogP) is 4.84. The summed E-state index contributed by atoms with van der Waals surface area (Å²) >= 11 is 1.45. The molecule has 5 rings (SSSR count). The maximum Gasteiger partial charge on any atom is 0.410 e. The first-order valence-corrected chi connectivity index (χ1v) is 13.5. The quantitative estimate of drug-likeness (QED) is 0.446. The molecule has 38 heavy (non-hydrogen) atoms. The fourth-order valence-corrected chi connectivity index (χ4v) is 5.19. The number of aromatic nitrogens is 5. The van der Waals surface area contributed by atoms with E-state index in [1.165, 1.54) is 16.2 Å². The second-order valence-electron chi connectivity index (χ2n) is 10.9. The number of hydrogen-bond donors (Lipinski definition) is 1. The first-order chi connectivity index (χ1) is 18.2. The molecule has 4 heterocycles. The zero-order chi connectivity index (χ0) is 26.8. The van der Waals surface area contributed by atoms with Crippen LogP contribution in [0, 0.1) is 5.41 Å². The first kappa shape index (κ1) is 26.2. The van der Waals surface area contributed by atoms with Crippen LogP contribution in [0.5, 0.6) is 6.01 Å². The molecule has 1 aliphatic heterocycles. The molecule has 2 fully saturated rings. The van der Waals surface area contributed by atoms with E-state index in [0.717, 1.165) is 49.5 Å². The van der Waals surface area contributed by atoms with Crippen LogP contribution in [-0.2, 0) is 16.0 Å². The molecular formula is C26H33N7O4S. The van der Waals surface area contributed by atoms with Gasteiger partial charge in [0.15, 0.2) is 10.9 Å². The highest BCUT2D eigenvalue weighted by Gasteiger charge is 2.42. The number of anilines is 2. The van der Waals surface area contributed by atoms with Crippen molar-refractivity contribution in [2.24, 2.45) is 5.41 Å². The van der Waals surface area contributed by atoms with E-state index in [0.29, 0.717) is 28.1 Å². The van der Waals surface area contributed by atoms with E-state index >= 15 is 0 Å². The van der Waals surface area contributed by atoms with Crippen LogP contribution >= 0.6 is 11.3 Å². The van der Waals surface area contributed by atoms with Gasteiger partial charge in [-0.2, -0.15) is 4.98 Å². The van der Waals surface area contributed by atoms with Gasteiger partial charge in [0.25, 0.3) is 0 Å². The van der Waals surface area contributed by atoms with Crippen LogP contribution in [0.1, 0.15) is 52.1 Å². The van der Waals surface area contributed by atoms with E-state index in [1.807, 2.05) is 26.8 Å². The van der Waals surface area contributed by atoms with E-state index < -0.39 is 11.7 Å². The van der Waals surface area contributed by atoms with Crippen molar-refractivity contribution in [1.82, 2.24) is 29.8 Å². The highest BCUT2D eigenvalue weighted by Crippen LogP contribution is 2.43. The number of amides is 1. The molecule has 2 aliphatic rings. The van der Waals surface area contributed by atoms with E-state index in [9.17, 15) is 4.79 Å². The SMILES string of the molecule is CN(Cc1cnc(Nc2ncc(-c3ccnc(OC4CCC5(CC4)COC5)n3)s2)cn1)C(=O)OC(C)(C)C. The van der Waals surface area contributed by atoms with Crippen molar-refractivity contribution >= 4 is 28.4 Å². The number of ether oxygens (including phenoxy) is 3. The third kappa shape index (κ3) is 6.54. The van der Waals surface area contributed by atoms with Gasteiger partial charge in [0.05, 0.1) is 48.4 Å². The van der Waals surface area contributed by atoms with Crippen LogP contribution < -0.4 is 10.1 Å². The molecule has 11 nitrogen and oxygen atoms in total. The van der Waals surface area contributed by atoms with E-state index in [-0.39, 0.29) is 12.6 Å². The number of nitrogens with one attached hydrogen (secondary N) is 1. The topological polar surface area (TPSA) is 124 Å². The average molecular weight is 540 g/mol. The third-order valence-electron chi connectivity index (χ3n) is 6.52. The van der Waals surface area contributed by atoms with Gasteiger partial charge < -0.3 is 24.4 Å². The van der Waals surface area contributed by atoms with Crippen molar-refractivity contribution in [2.45, 2.75) is 64.7 Å². The summed E-state index contributed by atoms with van der Waals surface area (Å²) in [6.07, 6.45) is 10.7. The summed E-state index contributed by atoms with van der Waals surface area (Å²) in [6, 6.07) is 2.25. The van der Waals surface area contributed by atoms with Crippen LogP contribution in [0.3, 0.4) is 0 Å². The molecule has 1 saturated carbocycles. The summed E-state index contributed by atoms with van der Waals surface area (Å²) in [6.45, 7) is 7.55. The van der Waals surface area contributed by atoms with Crippen molar-refractivity contribution in [3.63, 3.8) is 0 Å². The summed E-state index contributed by atoms with van der Waals surface area (Å²) in [5.74, 6) is 0.549. The molecule has 3 aromatic rings. The smallest absolute Gasteiger partial charge is 0.410 e. The summed E-state index contributed by atoms with van der Waals surface area (Å²) < 4.78 is 16.9. The summed E-state index contributed by atoms with van der Waals surface area (Å²) in [4.78, 5) is 36.7. The van der Waals surface area contributed by atoms with Crippen LogP contribution in [-0.4, -0.2) is 67.9 Å². The number of thiazole rings is 1. The van der Waals surface area contributed by atoms with Crippen LogP contribution in [0.15, 0.2) is 30.9 Å². The van der Waals surface area contributed by atoms with Crippen LogP contribution in [0.2, 0.25) is 0 Å². The van der Waals surface area contributed by atoms with Gasteiger partial charge in [0, 0.05) is 24.9 Å². The molecule has 1 amide bonds. The van der Waals surface area contributed by atoms with Crippen molar-refractivity contribution < 1.29 is 19.0 Å². The molecule has 0 bridgehead atoms. The Morgan fingerprint density at radius 2 is 1.95 bits per heavy atom. The second kappa shape index (κ2) is 10.8. The Kier molecular flexibility index (Phi) is 7.44. The molecular weight excluding hydrogens is 506 g/mol. The van der Waals surface area contributed by atoms with Crippen molar-refractivity contribution in [3.8, 4) is 16.6 Å². The number of nitrogens with zero attached hydrogens (tertiary/aromatic N) is 6. The Labute approximate surface area is 226 Å². The van der Waals surface area contributed by atoms with Gasteiger partial charge in [0.2, 0.25) is 0 Å². The van der Waals surface area contributed by atoms with Gasteiger partial charge in [-0.05, 0) is 52.5 Å². The number of hydrogen-bond acceptors (Lipinski definition) is 11. The van der Waals surface area contributed by atoms with Gasteiger partial charge in [-0.15, -0.1) is 0 Å². The Bertz CT molecular complexity index is 1250. The Morgan fingerprint density at radius 1 is 1.16 bits per heavy atom. The first-order valence-electron chi connectivity index (χ1n) is 12.7. The van der Waals surface area contributed by atoms with Crippen LogP contribution in [0.4, 0.5) is 15.7 Å². The van der Waals surface area contributed by atoms with E-state index in [1.54, 1.807) is 31.8 Å². The molecule has 0 atom stereocenters. The summed E-state index contributed by atoms with van der Waals surface area (Å²) in [7, 11) is 1.66. The molecule has 12 heteroatoms. The van der Waals surface area contributed by atoms with Crippen molar-refractivity contribution in [3.05, 3.63) is 36.5 Å². The molecule has 0 radical (unpaired) electrons. The second-order valence-corrected chi connectivity index (χ2v) is 11.9. The maximum absolute atomic E-state index is 12.2. The Hall–Kier alpha value is -3.38. The fraction of sp³-hybridized carbons (Fsp3) is 0.538. The summed E-state index contributed by atoms with van der Waals surface area (Å²) in [5.41, 5.74) is 1.23. The molecule has 1 saturated heterocycles. The van der Waals surface area contributed by atoms with Gasteiger partial charge >= 0.3 is 12.1 Å². The lowest BCUT2D eigenvalue weighted by Crippen LogP contribution is -2.46. The highest BCUT2D eigenvalue weighted by atomic mass is 32.1. The Morgan fingerprint density at radius 3 is 2.61 bits per heavy atom. The minimum absolute atomic E-state index is 0.139. The van der Waals surface area contributed by atoms with Crippen molar-refractivity contribution in [2.75, 3.05) is 25.6 Å². The van der Waals surface area contributed by atoms with E-state index in [2.05, 4.69) is 30.2 Å². The highest BCUT2D eigenvalue weighted by molar-refractivity contribution is 7.18. The minimum atomic E-state index is -0.553. The lowest BCUT2D eigenvalue weighted by Gasteiger charge is -2.45. The number of carbonyl (C=O) groups is 1. The molecule has 3 aromatic heterocycles. The lowest BCUT2D eigenvalue weighted by molar-refractivity contribution is -0.140. The van der Waals surface area contributed by atoms with Gasteiger partial charge in [0.1, 0.15) is 11.7 Å². The molecule has 0 unspecified atom stereocenters. The average Bonchev–Trinajstić information content (AvgIpc) is 3.32. The van der Waals surface area contributed by atoms with Crippen LogP contribution in [0.25, 0.3) is 10.6 Å². The molecule has 0 aromatic carbocycles. The van der Waals surface area contributed by atoms with Gasteiger partial charge in [-0.25, -0.2) is 19.7 Å². The van der Waals surface area contributed by atoms with Crippen molar-refractivity contribution in [1.29, 1.82) is 0 Å². The molecule has 202 valence electrons. The zero-order valence-electron chi connectivity index (χ0n) is 22.1. The molecule has 1 N–H and O–H groups in total. The van der Waals surface area contributed by atoms with Gasteiger partial charge in [-0.3, -0.25) is 4.98 Å². The van der Waals surface area contributed by atoms with Gasteiger partial charge in [-0.1, -0.05) is 11.3 Å². The molecule has 1 aliphatic carbocycles. The lowest BCUT2D eigenvalue weighted by atomic mass is 9.72. The largest absolute Gasteiger partial charge is 0.460 e. The normalized spacial score (nSPS) is 17.1. The predicted molar refractivity (Wildman–Crippen MR) is 142 cm³/mol. The molecule has 1 spiro atoms. The maximum atomic E-state index is 12.2. The standard InChI is InChI=1S/C26H33N7O4S/c1-25(2,3)37-24(34)33(4)14-17-11-29-21(13-28-17)32-23-30-12-20(38-23)19-7-10-27-22(31-19)36-18-5-8-26(9-6-18)15-35-16-26/h7,10-13,18H,5-6,8-9,14-16H2,1-4H3,(H,29,30,32).